The van der Waals surface area contributed by atoms with Crippen LogP contribution in [0.5, 0.6) is 0 Å². The smallest absolute Gasteiger partial charge is 0.201 e. The number of thiophene rings is 1. The molecule has 1 aliphatic rings. The van der Waals surface area contributed by atoms with Gasteiger partial charge in [0.2, 0.25) is 5.78 Å². The van der Waals surface area contributed by atoms with E-state index in [-0.39, 0.29) is 18.0 Å². The van der Waals surface area contributed by atoms with Crippen LogP contribution in [0.1, 0.15) is 39.9 Å². The Morgan fingerprint density at radius 2 is 2.20 bits per heavy atom. The average Bonchev–Trinajstić information content (AvgIpc) is 2.71. The first-order valence-corrected chi connectivity index (χ1v) is 6.16. The summed E-state index contributed by atoms with van der Waals surface area (Å²) in [5.41, 5.74) is 1.09. The van der Waals surface area contributed by atoms with Crippen LogP contribution in [-0.4, -0.2) is 18.0 Å². The molecule has 2 nitrogen and oxygen atoms in total. The minimum Gasteiger partial charge on any atom is -0.367 e. The molecule has 0 spiro atoms. The van der Waals surface area contributed by atoms with Gasteiger partial charge in [-0.3, -0.25) is 4.79 Å². The first kappa shape index (κ1) is 10.8. The van der Waals surface area contributed by atoms with Crippen LogP contribution in [0, 0.1) is 13.8 Å². The highest BCUT2D eigenvalue weighted by atomic mass is 32.1. The number of hydrogen-bond acceptors (Lipinski definition) is 3. The fraction of sp³-hybridized carbons (Fsp3) is 0.583. The Hall–Kier alpha value is -0.670. The van der Waals surface area contributed by atoms with Crippen molar-refractivity contribution in [2.24, 2.45) is 0 Å². The fourth-order valence-electron chi connectivity index (χ4n) is 2.03. The Morgan fingerprint density at radius 3 is 2.67 bits per heavy atom. The van der Waals surface area contributed by atoms with Crippen LogP contribution in [0.4, 0.5) is 0 Å². The van der Waals surface area contributed by atoms with Crippen molar-refractivity contribution < 1.29 is 9.53 Å². The lowest BCUT2D eigenvalue weighted by Crippen LogP contribution is -2.20. The number of ether oxygens (including phenoxy) is 1. The Morgan fingerprint density at radius 1 is 1.47 bits per heavy atom. The largest absolute Gasteiger partial charge is 0.367 e. The highest BCUT2D eigenvalue weighted by Gasteiger charge is 2.30. The number of Topliss-reactive ketones (excluding diaryl/α,β-unsaturated/α-hetero) is 1. The molecule has 2 atom stereocenters. The van der Waals surface area contributed by atoms with Crippen LogP contribution in [0.15, 0.2) is 6.07 Å². The van der Waals surface area contributed by atoms with E-state index < -0.39 is 0 Å². The van der Waals surface area contributed by atoms with Crippen molar-refractivity contribution in [2.45, 2.75) is 45.8 Å². The van der Waals surface area contributed by atoms with Gasteiger partial charge in [-0.2, -0.15) is 0 Å². The van der Waals surface area contributed by atoms with Crippen molar-refractivity contribution >= 4 is 17.1 Å². The summed E-state index contributed by atoms with van der Waals surface area (Å²) in [6.45, 7) is 6.06. The third-order valence-electron chi connectivity index (χ3n) is 2.79. The Labute approximate surface area is 94.3 Å². The number of carbonyl (C=O) groups is 1. The number of hydrogen-bond donors (Lipinski definition) is 0. The molecule has 0 amide bonds. The van der Waals surface area contributed by atoms with Gasteiger partial charge in [-0.1, -0.05) is 0 Å². The Kier molecular flexibility index (Phi) is 2.94. The predicted molar refractivity (Wildman–Crippen MR) is 61.7 cm³/mol. The van der Waals surface area contributed by atoms with Crippen molar-refractivity contribution in [3.63, 3.8) is 0 Å². The summed E-state index contributed by atoms with van der Waals surface area (Å²) < 4.78 is 5.60. The topological polar surface area (TPSA) is 26.3 Å². The maximum absolute atomic E-state index is 12.1. The first-order valence-electron chi connectivity index (χ1n) is 5.34. The van der Waals surface area contributed by atoms with Gasteiger partial charge in [-0.25, -0.2) is 0 Å². The van der Waals surface area contributed by atoms with E-state index in [1.54, 1.807) is 11.3 Å². The van der Waals surface area contributed by atoms with Crippen LogP contribution in [-0.2, 0) is 4.74 Å². The summed E-state index contributed by atoms with van der Waals surface area (Å²) in [5, 5.41) is 0. The molecule has 1 aromatic rings. The minimum absolute atomic E-state index is 0.176. The summed E-state index contributed by atoms with van der Waals surface area (Å²) in [7, 11) is 0. The van der Waals surface area contributed by atoms with E-state index in [2.05, 4.69) is 6.07 Å². The summed E-state index contributed by atoms with van der Waals surface area (Å²) in [4.78, 5) is 14.2. The highest BCUT2D eigenvalue weighted by molar-refractivity contribution is 7.14. The van der Waals surface area contributed by atoms with Gasteiger partial charge in [0, 0.05) is 4.88 Å². The van der Waals surface area contributed by atoms with Crippen LogP contribution in [0.3, 0.4) is 0 Å². The molecule has 2 rings (SSSR count). The van der Waals surface area contributed by atoms with Gasteiger partial charge in [0.1, 0.15) is 6.10 Å². The first-order chi connectivity index (χ1) is 7.08. The molecule has 15 heavy (non-hydrogen) atoms. The summed E-state index contributed by atoms with van der Waals surface area (Å²) in [5.74, 6) is 0.176. The quantitative estimate of drug-likeness (QED) is 0.721. The molecule has 2 heterocycles. The normalized spacial score (nSPS) is 25.8. The van der Waals surface area contributed by atoms with Crippen LogP contribution in [0.25, 0.3) is 0 Å². The number of rotatable bonds is 2. The lowest BCUT2D eigenvalue weighted by atomic mass is 10.1. The van der Waals surface area contributed by atoms with Gasteiger partial charge < -0.3 is 4.74 Å². The molecule has 1 saturated heterocycles. The Balaban J connectivity index is 2.17. The van der Waals surface area contributed by atoms with Crippen LogP contribution < -0.4 is 0 Å². The van der Waals surface area contributed by atoms with Crippen molar-refractivity contribution in [3.05, 3.63) is 21.4 Å². The maximum atomic E-state index is 12.1. The molecule has 0 bridgehead atoms. The number of ketones is 1. The molecule has 0 aromatic carbocycles. The predicted octanol–water partition coefficient (Wildman–Crippen LogP) is 3.12. The van der Waals surface area contributed by atoms with E-state index in [1.165, 1.54) is 4.88 Å². The van der Waals surface area contributed by atoms with E-state index in [9.17, 15) is 4.79 Å². The van der Waals surface area contributed by atoms with Crippen LogP contribution >= 0.6 is 11.3 Å². The monoisotopic (exact) mass is 224 g/mol. The molecule has 0 aliphatic carbocycles. The molecular formula is C12H16O2S. The molecule has 0 N–H and O–H groups in total. The average molecular weight is 224 g/mol. The van der Waals surface area contributed by atoms with Gasteiger partial charge in [0.15, 0.2) is 0 Å². The van der Waals surface area contributed by atoms with Gasteiger partial charge in [0.25, 0.3) is 0 Å². The van der Waals surface area contributed by atoms with Gasteiger partial charge >= 0.3 is 0 Å². The third-order valence-corrected chi connectivity index (χ3v) is 3.96. The zero-order chi connectivity index (χ0) is 11.0. The van der Waals surface area contributed by atoms with Gasteiger partial charge in [-0.05, 0) is 45.2 Å². The third kappa shape index (κ3) is 2.13. The van der Waals surface area contributed by atoms with Crippen molar-refractivity contribution in [1.82, 2.24) is 0 Å². The second kappa shape index (κ2) is 4.06. The van der Waals surface area contributed by atoms with E-state index >= 15 is 0 Å². The van der Waals surface area contributed by atoms with E-state index in [0.717, 1.165) is 23.3 Å². The number of carbonyl (C=O) groups excluding carboxylic acids is 1. The second-order valence-corrected chi connectivity index (χ2v) is 5.50. The summed E-state index contributed by atoms with van der Waals surface area (Å²) in [6.07, 6.45) is 1.91. The lowest BCUT2D eigenvalue weighted by molar-refractivity contribution is 0.0436. The second-order valence-electron chi connectivity index (χ2n) is 4.25. The zero-order valence-corrected chi connectivity index (χ0v) is 10.2. The molecule has 0 radical (unpaired) electrons. The SMILES string of the molecule is Cc1cc(C)c(C(=O)C2CCC(C)O2)s1. The molecule has 2 unspecified atom stereocenters. The molecule has 82 valence electrons. The van der Waals surface area contributed by atoms with Crippen molar-refractivity contribution in [2.75, 3.05) is 0 Å². The van der Waals surface area contributed by atoms with E-state index in [4.69, 9.17) is 4.74 Å². The molecule has 3 heteroatoms. The van der Waals surface area contributed by atoms with Gasteiger partial charge in [0.05, 0.1) is 11.0 Å². The van der Waals surface area contributed by atoms with E-state index in [1.807, 2.05) is 20.8 Å². The molecule has 1 aromatic heterocycles. The van der Waals surface area contributed by atoms with Crippen LogP contribution in [0.2, 0.25) is 0 Å². The molecular weight excluding hydrogens is 208 g/mol. The lowest BCUT2D eigenvalue weighted by Gasteiger charge is -2.08. The van der Waals surface area contributed by atoms with Crippen molar-refractivity contribution in [1.29, 1.82) is 0 Å². The van der Waals surface area contributed by atoms with E-state index in [0.29, 0.717) is 0 Å². The molecule has 0 saturated carbocycles. The molecule has 1 aliphatic heterocycles. The van der Waals surface area contributed by atoms with Crippen molar-refractivity contribution in [3.8, 4) is 0 Å². The number of aryl methyl sites for hydroxylation is 2. The maximum Gasteiger partial charge on any atom is 0.201 e. The van der Waals surface area contributed by atoms with Gasteiger partial charge in [-0.15, -0.1) is 11.3 Å². The highest BCUT2D eigenvalue weighted by Crippen LogP contribution is 2.28. The fourth-order valence-corrected chi connectivity index (χ4v) is 3.04. The summed E-state index contributed by atoms with van der Waals surface area (Å²) >= 11 is 1.58. The minimum atomic E-state index is -0.197. The standard InChI is InChI=1S/C12H16O2S/c1-7-6-9(3)15-12(7)11(13)10-5-4-8(2)14-10/h6,8,10H,4-5H2,1-3H3. The summed E-state index contributed by atoms with van der Waals surface area (Å²) in [6, 6.07) is 2.07. The zero-order valence-electron chi connectivity index (χ0n) is 9.37. The molecule has 1 fully saturated rings. The Bertz CT molecular complexity index is 381.